The SMILES string of the molecule is Cl.O=P(O)(O)O.[B].[H-].[Li+]. The van der Waals surface area contributed by atoms with Crippen molar-refractivity contribution < 1.29 is 39.5 Å². The minimum absolute atomic E-state index is 0. The summed E-state index contributed by atoms with van der Waals surface area (Å²) in [6.45, 7) is 0. The molecule has 3 N–H and O–H groups in total. The van der Waals surface area contributed by atoms with Gasteiger partial charge in [-0.3, -0.25) is 0 Å². The first kappa shape index (κ1) is 23.0. The summed E-state index contributed by atoms with van der Waals surface area (Å²) >= 11 is 0. The minimum Gasteiger partial charge on any atom is -1.00 e. The van der Waals surface area contributed by atoms with Crippen LogP contribution in [0.25, 0.3) is 0 Å². The molecule has 4 nitrogen and oxygen atoms in total. The van der Waals surface area contributed by atoms with Gasteiger partial charge in [0.15, 0.2) is 0 Å². The fourth-order valence-electron chi connectivity index (χ4n) is 0. The van der Waals surface area contributed by atoms with E-state index in [1.807, 2.05) is 0 Å². The Bertz CT molecular complexity index is 66.7. The zero-order valence-corrected chi connectivity index (χ0v) is 5.89. The van der Waals surface area contributed by atoms with E-state index in [4.69, 9.17) is 19.2 Å². The van der Waals surface area contributed by atoms with Crippen molar-refractivity contribution in [3.05, 3.63) is 0 Å². The van der Waals surface area contributed by atoms with E-state index < -0.39 is 7.82 Å². The van der Waals surface area contributed by atoms with Gasteiger partial charge in [0.25, 0.3) is 0 Å². The summed E-state index contributed by atoms with van der Waals surface area (Å²) in [6.07, 6.45) is 0. The molecule has 0 aromatic carbocycles. The molecule has 45 valence electrons. The summed E-state index contributed by atoms with van der Waals surface area (Å²) in [6, 6.07) is 0. The molecule has 0 rings (SSSR count). The molecule has 0 aromatic rings. The third-order valence-corrected chi connectivity index (χ3v) is 0. The number of rotatable bonds is 0. The molecule has 0 aliphatic heterocycles. The average Bonchev–Trinajstić information content (AvgIpc) is 0.722. The van der Waals surface area contributed by atoms with Crippen LogP contribution in [-0.2, 0) is 4.57 Å². The van der Waals surface area contributed by atoms with Gasteiger partial charge in [0, 0.05) is 8.41 Å². The van der Waals surface area contributed by atoms with Gasteiger partial charge < -0.3 is 16.1 Å². The Hall–Kier alpha value is 1.06. The Morgan fingerprint density at radius 2 is 1.25 bits per heavy atom. The molecular formula is H5BClLiO4P. The van der Waals surface area contributed by atoms with Gasteiger partial charge in [-0.05, 0) is 0 Å². The molecule has 0 bridgehead atoms. The minimum atomic E-state index is -4.64. The van der Waals surface area contributed by atoms with E-state index in [2.05, 4.69) is 0 Å². The van der Waals surface area contributed by atoms with Crippen molar-refractivity contribution in [2.24, 2.45) is 0 Å². The number of hydrogen-bond acceptors (Lipinski definition) is 1. The molecule has 0 aromatic heterocycles. The van der Waals surface area contributed by atoms with Crippen LogP contribution in [-0.4, -0.2) is 23.1 Å². The molecule has 0 unspecified atom stereocenters. The second-order valence-electron chi connectivity index (χ2n) is 0.513. The van der Waals surface area contributed by atoms with Crippen molar-refractivity contribution in [2.75, 3.05) is 0 Å². The predicted octanol–water partition coefficient (Wildman–Crippen LogP) is -3.77. The zero-order chi connectivity index (χ0) is 4.50. The molecule has 0 spiro atoms. The second kappa shape index (κ2) is 8.06. The Kier molecular flexibility index (Phi) is 23.2. The molecular weight excluding hydrogens is 148 g/mol. The van der Waals surface area contributed by atoms with Gasteiger partial charge in [-0.15, -0.1) is 12.4 Å². The Morgan fingerprint density at radius 1 is 1.25 bits per heavy atom. The first-order valence-corrected chi connectivity index (χ1v) is 2.35. The van der Waals surface area contributed by atoms with Crippen LogP contribution in [0, 0.1) is 0 Å². The monoisotopic (exact) mass is 153 g/mol. The quantitative estimate of drug-likeness (QED) is 0.247. The molecule has 0 atom stereocenters. The van der Waals surface area contributed by atoms with Crippen molar-refractivity contribution >= 4 is 28.6 Å². The van der Waals surface area contributed by atoms with E-state index in [0.717, 1.165) is 0 Å². The fourth-order valence-corrected chi connectivity index (χ4v) is 0. The van der Waals surface area contributed by atoms with Crippen LogP contribution in [0.3, 0.4) is 0 Å². The standard InChI is InChI=1S/B.ClH.Li.H3O4P.H/c;;;1-5(2,3)4;/h;1H;;(H3,1,2,3,4);/q;;+1;;-1. The maximum absolute atomic E-state index is 8.88. The Morgan fingerprint density at radius 3 is 1.25 bits per heavy atom. The van der Waals surface area contributed by atoms with E-state index in [9.17, 15) is 0 Å². The van der Waals surface area contributed by atoms with Crippen LogP contribution >= 0.6 is 20.2 Å². The normalized spacial score (nSPS) is 7.38. The molecule has 0 saturated carbocycles. The van der Waals surface area contributed by atoms with Gasteiger partial charge in [-0.25, -0.2) is 4.57 Å². The molecule has 0 aliphatic rings. The largest absolute Gasteiger partial charge is 1.00 e. The maximum Gasteiger partial charge on any atom is 1.00 e. The summed E-state index contributed by atoms with van der Waals surface area (Å²) in [4.78, 5) is 21.6. The van der Waals surface area contributed by atoms with Crippen molar-refractivity contribution in [1.82, 2.24) is 0 Å². The topological polar surface area (TPSA) is 77.8 Å². The maximum atomic E-state index is 8.88. The summed E-state index contributed by atoms with van der Waals surface area (Å²) in [5, 5.41) is 0. The van der Waals surface area contributed by atoms with Gasteiger partial charge in [-0.2, -0.15) is 0 Å². The van der Waals surface area contributed by atoms with Gasteiger partial charge >= 0.3 is 26.7 Å². The summed E-state index contributed by atoms with van der Waals surface area (Å²) in [5.41, 5.74) is 0. The van der Waals surface area contributed by atoms with Crippen molar-refractivity contribution in [3.63, 3.8) is 0 Å². The number of phosphoric acid groups is 1. The second-order valence-corrected chi connectivity index (χ2v) is 1.54. The molecule has 0 saturated heterocycles. The van der Waals surface area contributed by atoms with E-state index in [0.29, 0.717) is 0 Å². The molecule has 0 amide bonds. The van der Waals surface area contributed by atoms with Crippen LogP contribution in [0.5, 0.6) is 0 Å². The molecule has 0 aliphatic carbocycles. The number of halogens is 1. The molecule has 0 fully saturated rings. The molecule has 3 radical (unpaired) electrons. The van der Waals surface area contributed by atoms with E-state index in [-0.39, 0.29) is 41.1 Å². The first-order chi connectivity index (χ1) is 2.00. The van der Waals surface area contributed by atoms with Gasteiger partial charge in [0.05, 0.1) is 0 Å². The molecule has 8 heteroatoms. The first-order valence-electron chi connectivity index (χ1n) is 0.783. The predicted molar refractivity (Wildman–Crippen MR) is 28.4 cm³/mol. The average molecular weight is 153 g/mol. The van der Waals surface area contributed by atoms with Crippen LogP contribution in [0.4, 0.5) is 0 Å². The van der Waals surface area contributed by atoms with E-state index >= 15 is 0 Å². The Balaban J connectivity index is -0.0000000133. The van der Waals surface area contributed by atoms with Crippen molar-refractivity contribution in [3.8, 4) is 0 Å². The van der Waals surface area contributed by atoms with Crippen LogP contribution in [0.1, 0.15) is 1.43 Å². The molecule has 8 heavy (non-hydrogen) atoms. The fraction of sp³-hybridized carbons (Fsp3) is 0. The third kappa shape index (κ3) is 230. The van der Waals surface area contributed by atoms with Crippen LogP contribution in [0.2, 0.25) is 0 Å². The smallest absolute Gasteiger partial charge is 1.00 e. The van der Waals surface area contributed by atoms with E-state index in [1.54, 1.807) is 0 Å². The van der Waals surface area contributed by atoms with Gasteiger partial charge in [0.1, 0.15) is 0 Å². The zero-order valence-electron chi connectivity index (χ0n) is 5.18. The van der Waals surface area contributed by atoms with Crippen molar-refractivity contribution in [1.29, 1.82) is 0 Å². The van der Waals surface area contributed by atoms with Gasteiger partial charge in [0.2, 0.25) is 0 Å². The van der Waals surface area contributed by atoms with Gasteiger partial charge in [-0.1, -0.05) is 0 Å². The van der Waals surface area contributed by atoms with Crippen LogP contribution in [0.15, 0.2) is 0 Å². The summed E-state index contributed by atoms with van der Waals surface area (Å²) in [5.74, 6) is 0. The third-order valence-electron chi connectivity index (χ3n) is 0. The molecule has 0 heterocycles. The summed E-state index contributed by atoms with van der Waals surface area (Å²) in [7, 11) is -4.64. The summed E-state index contributed by atoms with van der Waals surface area (Å²) < 4.78 is 8.88. The van der Waals surface area contributed by atoms with Crippen LogP contribution < -0.4 is 18.9 Å². The Labute approximate surface area is 68.6 Å². The van der Waals surface area contributed by atoms with Crippen molar-refractivity contribution in [2.45, 2.75) is 0 Å². The van der Waals surface area contributed by atoms with E-state index in [1.165, 1.54) is 0 Å². The number of hydrogen-bond donors (Lipinski definition) is 3.